The van der Waals surface area contributed by atoms with Crippen molar-refractivity contribution in [3.63, 3.8) is 0 Å². The maximum atomic E-state index is 12.8. The van der Waals surface area contributed by atoms with E-state index < -0.39 is 5.60 Å². The highest BCUT2D eigenvalue weighted by molar-refractivity contribution is 5.97. The summed E-state index contributed by atoms with van der Waals surface area (Å²) >= 11 is 0. The first-order valence-electron chi connectivity index (χ1n) is 11.7. The molecule has 0 saturated heterocycles. The number of hydrogen-bond donors (Lipinski definition) is 0. The van der Waals surface area contributed by atoms with E-state index in [0.717, 1.165) is 39.1 Å². The average molecular weight is 462 g/mol. The molecule has 5 aromatic rings. The summed E-state index contributed by atoms with van der Waals surface area (Å²) in [6, 6.07) is 28.0. The Morgan fingerprint density at radius 2 is 1.60 bits per heavy atom. The van der Waals surface area contributed by atoms with Crippen LogP contribution in [0.2, 0.25) is 0 Å². The van der Waals surface area contributed by atoms with Crippen LogP contribution in [0.4, 0.5) is 0 Å². The van der Waals surface area contributed by atoms with Crippen LogP contribution in [0.1, 0.15) is 36.7 Å². The number of aromatic nitrogens is 3. The molecule has 0 aliphatic rings. The van der Waals surface area contributed by atoms with E-state index in [2.05, 4.69) is 39.9 Å². The summed E-state index contributed by atoms with van der Waals surface area (Å²) in [6.07, 6.45) is 3.61. The summed E-state index contributed by atoms with van der Waals surface area (Å²) in [5.41, 5.74) is 5.99. The summed E-state index contributed by atoms with van der Waals surface area (Å²) in [7, 11) is 0. The third kappa shape index (κ3) is 4.85. The lowest BCUT2D eigenvalue weighted by atomic mass is 9.98. The van der Waals surface area contributed by atoms with E-state index in [0.29, 0.717) is 12.1 Å². The van der Waals surface area contributed by atoms with Crippen molar-refractivity contribution >= 4 is 17.0 Å². The number of pyridine rings is 1. The minimum Gasteiger partial charge on any atom is -0.456 e. The molecular formula is C30H27N3O2. The molecule has 0 bridgehead atoms. The zero-order chi connectivity index (χ0) is 24.4. The van der Waals surface area contributed by atoms with Crippen molar-refractivity contribution < 1.29 is 9.53 Å². The maximum Gasteiger partial charge on any atom is 0.339 e. The first kappa shape index (κ1) is 22.5. The number of para-hydroxylation sites is 2. The Morgan fingerprint density at radius 3 is 2.34 bits per heavy atom. The van der Waals surface area contributed by atoms with Gasteiger partial charge in [-0.25, -0.2) is 9.78 Å². The second-order valence-corrected chi connectivity index (χ2v) is 9.50. The lowest BCUT2D eigenvalue weighted by molar-refractivity contribution is 0.00704. The lowest BCUT2D eigenvalue weighted by Crippen LogP contribution is -2.24. The van der Waals surface area contributed by atoms with Gasteiger partial charge in [-0.3, -0.25) is 4.98 Å². The van der Waals surface area contributed by atoms with Crippen molar-refractivity contribution in [2.24, 2.45) is 0 Å². The second kappa shape index (κ2) is 9.18. The van der Waals surface area contributed by atoms with E-state index in [1.54, 1.807) is 6.20 Å². The Balaban J connectivity index is 1.48. The SMILES string of the molecule is CC(C)(C)OC(=O)c1ccccc1-c1ccc(Cn2c(-c3cccnc3)nc3ccccc32)cc1. The Kier molecular flexibility index (Phi) is 5.91. The van der Waals surface area contributed by atoms with E-state index >= 15 is 0 Å². The molecule has 35 heavy (non-hydrogen) atoms. The zero-order valence-electron chi connectivity index (χ0n) is 20.1. The second-order valence-electron chi connectivity index (χ2n) is 9.50. The van der Waals surface area contributed by atoms with Gasteiger partial charge in [0.1, 0.15) is 11.4 Å². The first-order chi connectivity index (χ1) is 16.9. The molecule has 0 amide bonds. The summed E-state index contributed by atoms with van der Waals surface area (Å²) in [4.78, 5) is 21.9. The zero-order valence-corrected chi connectivity index (χ0v) is 20.1. The van der Waals surface area contributed by atoms with E-state index in [9.17, 15) is 4.79 Å². The Bertz CT molecular complexity index is 1480. The van der Waals surface area contributed by atoms with Gasteiger partial charge in [-0.05, 0) is 67.8 Å². The molecule has 0 aliphatic heterocycles. The predicted molar refractivity (Wildman–Crippen MR) is 139 cm³/mol. The molecule has 0 atom stereocenters. The van der Waals surface area contributed by atoms with Gasteiger partial charge in [0.2, 0.25) is 0 Å². The number of rotatable bonds is 5. The minimum atomic E-state index is -0.548. The van der Waals surface area contributed by atoms with E-state index in [4.69, 9.17) is 9.72 Å². The van der Waals surface area contributed by atoms with Crippen LogP contribution in [0.15, 0.2) is 97.3 Å². The summed E-state index contributed by atoms with van der Waals surface area (Å²) in [5.74, 6) is 0.571. The highest BCUT2D eigenvalue weighted by Gasteiger charge is 2.20. The van der Waals surface area contributed by atoms with Gasteiger partial charge >= 0.3 is 5.97 Å². The van der Waals surface area contributed by atoms with Crippen LogP contribution in [-0.2, 0) is 11.3 Å². The van der Waals surface area contributed by atoms with Crippen molar-refractivity contribution in [1.29, 1.82) is 0 Å². The third-order valence-corrected chi connectivity index (χ3v) is 5.73. The number of nitrogens with zero attached hydrogens (tertiary/aromatic N) is 3. The first-order valence-corrected chi connectivity index (χ1v) is 11.7. The number of fused-ring (bicyclic) bond motifs is 1. The van der Waals surface area contributed by atoms with Gasteiger partial charge in [-0.1, -0.05) is 54.6 Å². The monoisotopic (exact) mass is 461 g/mol. The molecule has 0 N–H and O–H groups in total. The average Bonchev–Trinajstić information content (AvgIpc) is 3.22. The Hall–Kier alpha value is -4.25. The molecule has 0 aliphatic carbocycles. The van der Waals surface area contributed by atoms with Gasteiger partial charge in [0.25, 0.3) is 0 Å². The molecule has 5 heteroatoms. The maximum absolute atomic E-state index is 12.8. The van der Waals surface area contributed by atoms with Crippen molar-refractivity contribution in [2.45, 2.75) is 32.9 Å². The fourth-order valence-corrected chi connectivity index (χ4v) is 4.17. The van der Waals surface area contributed by atoms with Crippen LogP contribution in [-0.4, -0.2) is 26.1 Å². The summed E-state index contributed by atoms with van der Waals surface area (Å²) in [6.45, 7) is 6.30. The van der Waals surface area contributed by atoms with Gasteiger partial charge in [0.05, 0.1) is 16.6 Å². The lowest BCUT2D eigenvalue weighted by Gasteiger charge is -2.20. The molecule has 0 fully saturated rings. The third-order valence-electron chi connectivity index (χ3n) is 5.73. The van der Waals surface area contributed by atoms with Gasteiger partial charge < -0.3 is 9.30 Å². The van der Waals surface area contributed by atoms with Crippen molar-refractivity contribution in [2.75, 3.05) is 0 Å². The normalized spacial score (nSPS) is 11.5. The van der Waals surface area contributed by atoms with E-state index in [1.165, 1.54) is 0 Å². The number of carbonyl (C=O) groups excluding carboxylic acids is 1. The fraction of sp³-hybridized carbons (Fsp3) is 0.167. The number of imidazole rings is 1. The van der Waals surface area contributed by atoms with Crippen LogP contribution in [0.3, 0.4) is 0 Å². The molecule has 0 spiro atoms. The molecule has 3 aromatic carbocycles. The number of esters is 1. The number of ether oxygens (including phenoxy) is 1. The van der Waals surface area contributed by atoms with Crippen LogP contribution < -0.4 is 0 Å². The molecule has 174 valence electrons. The highest BCUT2D eigenvalue weighted by atomic mass is 16.6. The van der Waals surface area contributed by atoms with E-state index in [1.807, 2.05) is 81.6 Å². The number of carbonyl (C=O) groups is 1. The molecule has 0 saturated carbocycles. The molecule has 2 aromatic heterocycles. The molecule has 5 nitrogen and oxygen atoms in total. The largest absolute Gasteiger partial charge is 0.456 e. The molecular weight excluding hydrogens is 434 g/mol. The summed E-state index contributed by atoms with van der Waals surface area (Å²) < 4.78 is 7.84. The fourth-order valence-electron chi connectivity index (χ4n) is 4.17. The van der Waals surface area contributed by atoms with Crippen LogP contribution in [0, 0.1) is 0 Å². The Labute approximate surface area is 205 Å². The Morgan fingerprint density at radius 1 is 0.857 bits per heavy atom. The molecule has 0 unspecified atom stereocenters. The topological polar surface area (TPSA) is 57.0 Å². The number of hydrogen-bond acceptors (Lipinski definition) is 4. The summed E-state index contributed by atoms with van der Waals surface area (Å²) in [5, 5.41) is 0. The van der Waals surface area contributed by atoms with Gasteiger partial charge in [0, 0.05) is 24.5 Å². The van der Waals surface area contributed by atoms with Crippen molar-refractivity contribution in [3.8, 4) is 22.5 Å². The smallest absolute Gasteiger partial charge is 0.339 e. The highest BCUT2D eigenvalue weighted by Crippen LogP contribution is 2.28. The molecule has 2 heterocycles. The van der Waals surface area contributed by atoms with Crippen LogP contribution in [0.5, 0.6) is 0 Å². The minimum absolute atomic E-state index is 0.317. The standard InChI is InChI=1S/C30H27N3O2/c1-30(2,3)35-29(34)25-11-5-4-10-24(25)22-16-14-21(15-17-22)20-33-27-13-7-6-12-26(27)32-28(33)23-9-8-18-31-19-23/h4-19H,20H2,1-3H3. The van der Waals surface area contributed by atoms with Crippen molar-refractivity contribution in [3.05, 3.63) is 108 Å². The van der Waals surface area contributed by atoms with Crippen LogP contribution >= 0.6 is 0 Å². The van der Waals surface area contributed by atoms with Crippen LogP contribution in [0.25, 0.3) is 33.5 Å². The van der Waals surface area contributed by atoms with Gasteiger partial charge in [-0.2, -0.15) is 0 Å². The molecule has 5 rings (SSSR count). The van der Waals surface area contributed by atoms with E-state index in [-0.39, 0.29) is 5.97 Å². The van der Waals surface area contributed by atoms with Gasteiger partial charge in [0.15, 0.2) is 0 Å². The van der Waals surface area contributed by atoms with Crippen molar-refractivity contribution in [1.82, 2.24) is 14.5 Å². The molecule has 0 radical (unpaired) electrons. The predicted octanol–water partition coefficient (Wildman–Crippen LogP) is 6.77. The quantitative estimate of drug-likeness (QED) is 0.271. The van der Waals surface area contributed by atoms with Gasteiger partial charge in [-0.15, -0.1) is 0 Å². The number of benzene rings is 3.